The Labute approximate surface area is 110 Å². The maximum atomic E-state index is 12.2. The van der Waals surface area contributed by atoms with Crippen molar-refractivity contribution in [1.82, 2.24) is 10.6 Å². The number of carboxylic acids is 1. The molecule has 3 amide bonds. The second-order valence-electron chi connectivity index (χ2n) is 3.96. The molecule has 0 saturated heterocycles. The number of nitrogens with one attached hydrogen (secondary N) is 2. The number of imide groups is 1. The summed E-state index contributed by atoms with van der Waals surface area (Å²) in [7, 11) is 1.35. The lowest BCUT2D eigenvalue weighted by molar-refractivity contribution is -0.149. The Kier molecular flexibility index (Phi) is 4.63. The van der Waals surface area contributed by atoms with Gasteiger partial charge in [0.15, 0.2) is 5.41 Å². The molecule has 0 unspecified atom stereocenters. The lowest BCUT2D eigenvalue weighted by Crippen LogP contribution is -2.53. The topological polar surface area (TPSA) is 95.5 Å². The molecule has 1 atom stereocenters. The minimum absolute atomic E-state index is 0.0369. The third-order valence-corrected chi connectivity index (χ3v) is 3.00. The molecule has 0 aromatic heterocycles. The first kappa shape index (κ1) is 14.7. The molecule has 0 radical (unpaired) electrons. The number of carbonyl (C=O) groups is 3. The summed E-state index contributed by atoms with van der Waals surface area (Å²) in [6.07, 6.45) is 0.0369. The summed E-state index contributed by atoms with van der Waals surface area (Å²) in [5.74, 6) is -2.14. The Morgan fingerprint density at radius 3 is 2.21 bits per heavy atom. The molecule has 102 valence electrons. The monoisotopic (exact) mass is 264 g/mol. The molecule has 1 rings (SSSR count). The van der Waals surface area contributed by atoms with E-state index in [1.165, 1.54) is 7.05 Å². The van der Waals surface area contributed by atoms with E-state index in [-0.39, 0.29) is 6.42 Å². The summed E-state index contributed by atoms with van der Waals surface area (Å²) >= 11 is 0. The summed E-state index contributed by atoms with van der Waals surface area (Å²) in [4.78, 5) is 34.9. The van der Waals surface area contributed by atoms with Gasteiger partial charge < -0.3 is 10.4 Å². The molecule has 1 aromatic rings. The predicted molar refractivity (Wildman–Crippen MR) is 68.6 cm³/mol. The van der Waals surface area contributed by atoms with E-state index in [0.717, 1.165) is 0 Å². The van der Waals surface area contributed by atoms with Crippen LogP contribution in [0.1, 0.15) is 18.9 Å². The maximum Gasteiger partial charge on any atom is 0.323 e. The zero-order valence-electron chi connectivity index (χ0n) is 10.8. The molecule has 3 N–H and O–H groups in total. The van der Waals surface area contributed by atoms with Crippen LogP contribution in [0.2, 0.25) is 0 Å². The normalized spacial score (nSPS) is 13.2. The average molecular weight is 264 g/mol. The van der Waals surface area contributed by atoms with Crippen molar-refractivity contribution in [3.05, 3.63) is 35.9 Å². The van der Waals surface area contributed by atoms with Crippen LogP contribution in [-0.4, -0.2) is 30.1 Å². The Bertz CT molecular complexity index is 487. The molecule has 0 aliphatic heterocycles. The van der Waals surface area contributed by atoms with Crippen molar-refractivity contribution < 1.29 is 19.5 Å². The van der Waals surface area contributed by atoms with Crippen molar-refractivity contribution in [3.63, 3.8) is 0 Å². The predicted octanol–water partition coefficient (Wildman–Crippen LogP) is 0.875. The highest BCUT2D eigenvalue weighted by Gasteiger charge is 2.46. The third-order valence-electron chi connectivity index (χ3n) is 3.00. The molecular weight excluding hydrogens is 248 g/mol. The van der Waals surface area contributed by atoms with Gasteiger partial charge in [0.1, 0.15) is 0 Å². The van der Waals surface area contributed by atoms with E-state index in [1.807, 2.05) is 5.32 Å². The lowest BCUT2D eigenvalue weighted by atomic mass is 9.77. The number of aliphatic carboxylic acids is 1. The molecular formula is C13H16N2O4. The zero-order chi connectivity index (χ0) is 14.5. The van der Waals surface area contributed by atoms with Crippen LogP contribution in [0.3, 0.4) is 0 Å². The minimum atomic E-state index is -1.77. The van der Waals surface area contributed by atoms with Gasteiger partial charge >= 0.3 is 12.0 Å². The van der Waals surface area contributed by atoms with E-state index in [2.05, 4.69) is 5.32 Å². The quantitative estimate of drug-likeness (QED) is 0.703. The number of urea groups is 1. The summed E-state index contributed by atoms with van der Waals surface area (Å²) in [5, 5.41) is 13.7. The van der Waals surface area contributed by atoms with Crippen LogP contribution < -0.4 is 10.6 Å². The van der Waals surface area contributed by atoms with Crippen LogP contribution in [0.15, 0.2) is 30.3 Å². The Hall–Kier alpha value is -2.37. The van der Waals surface area contributed by atoms with E-state index in [1.54, 1.807) is 37.3 Å². The fourth-order valence-electron chi connectivity index (χ4n) is 1.86. The fourth-order valence-corrected chi connectivity index (χ4v) is 1.86. The van der Waals surface area contributed by atoms with Crippen molar-refractivity contribution in [2.24, 2.45) is 0 Å². The van der Waals surface area contributed by atoms with E-state index in [0.29, 0.717) is 5.56 Å². The van der Waals surface area contributed by atoms with Gasteiger partial charge in [0.2, 0.25) is 5.91 Å². The molecule has 0 heterocycles. The van der Waals surface area contributed by atoms with Crippen LogP contribution in [0.5, 0.6) is 0 Å². The second-order valence-corrected chi connectivity index (χ2v) is 3.96. The van der Waals surface area contributed by atoms with Gasteiger partial charge in [0.25, 0.3) is 0 Å². The zero-order valence-corrected chi connectivity index (χ0v) is 10.8. The number of rotatable bonds is 4. The van der Waals surface area contributed by atoms with Crippen molar-refractivity contribution in [3.8, 4) is 0 Å². The van der Waals surface area contributed by atoms with Gasteiger partial charge in [-0.1, -0.05) is 37.3 Å². The molecule has 6 heteroatoms. The van der Waals surface area contributed by atoms with E-state index >= 15 is 0 Å². The van der Waals surface area contributed by atoms with Gasteiger partial charge in [0.05, 0.1) is 0 Å². The van der Waals surface area contributed by atoms with E-state index in [4.69, 9.17) is 0 Å². The summed E-state index contributed by atoms with van der Waals surface area (Å²) in [5.41, 5.74) is -1.43. The first-order valence-corrected chi connectivity index (χ1v) is 5.81. The average Bonchev–Trinajstić information content (AvgIpc) is 2.40. The van der Waals surface area contributed by atoms with E-state index < -0.39 is 23.3 Å². The Balaban J connectivity index is 3.25. The molecule has 0 fully saturated rings. The highest BCUT2D eigenvalue weighted by Crippen LogP contribution is 2.28. The summed E-state index contributed by atoms with van der Waals surface area (Å²) < 4.78 is 0. The van der Waals surface area contributed by atoms with Gasteiger partial charge in [-0.25, -0.2) is 4.79 Å². The molecule has 19 heavy (non-hydrogen) atoms. The van der Waals surface area contributed by atoms with Crippen LogP contribution >= 0.6 is 0 Å². The highest BCUT2D eigenvalue weighted by atomic mass is 16.4. The van der Waals surface area contributed by atoms with Crippen molar-refractivity contribution in [2.75, 3.05) is 7.05 Å². The summed E-state index contributed by atoms with van der Waals surface area (Å²) in [6, 6.07) is 7.40. The maximum absolute atomic E-state index is 12.2. The van der Waals surface area contributed by atoms with Gasteiger partial charge in [-0.05, 0) is 12.0 Å². The molecule has 0 bridgehead atoms. The first-order chi connectivity index (χ1) is 8.98. The molecule has 0 aliphatic rings. The van der Waals surface area contributed by atoms with Crippen LogP contribution in [0.25, 0.3) is 0 Å². The van der Waals surface area contributed by atoms with Gasteiger partial charge in [-0.2, -0.15) is 0 Å². The van der Waals surface area contributed by atoms with Crippen LogP contribution in [0, 0.1) is 0 Å². The lowest BCUT2D eigenvalue weighted by Gasteiger charge is -2.26. The molecule has 1 aromatic carbocycles. The minimum Gasteiger partial charge on any atom is -0.480 e. The number of amides is 3. The third kappa shape index (κ3) is 2.73. The number of benzene rings is 1. The fraction of sp³-hybridized carbons (Fsp3) is 0.308. The molecule has 0 saturated carbocycles. The number of hydrogen-bond donors (Lipinski definition) is 3. The van der Waals surface area contributed by atoms with Gasteiger partial charge in [0, 0.05) is 7.05 Å². The smallest absolute Gasteiger partial charge is 0.323 e. The van der Waals surface area contributed by atoms with Crippen molar-refractivity contribution in [2.45, 2.75) is 18.8 Å². The molecule has 6 nitrogen and oxygen atoms in total. The van der Waals surface area contributed by atoms with Gasteiger partial charge in [-0.3, -0.25) is 14.9 Å². The first-order valence-electron chi connectivity index (χ1n) is 5.81. The molecule has 0 aliphatic carbocycles. The Morgan fingerprint density at radius 1 is 1.21 bits per heavy atom. The number of hydrogen-bond acceptors (Lipinski definition) is 3. The van der Waals surface area contributed by atoms with Crippen LogP contribution in [-0.2, 0) is 15.0 Å². The number of carbonyl (C=O) groups excluding carboxylic acids is 2. The largest absolute Gasteiger partial charge is 0.480 e. The molecule has 0 spiro atoms. The second kappa shape index (κ2) is 5.99. The van der Waals surface area contributed by atoms with Crippen molar-refractivity contribution in [1.29, 1.82) is 0 Å². The highest BCUT2D eigenvalue weighted by molar-refractivity contribution is 6.12. The summed E-state index contributed by atoms with van der Waals surface area (Å²) in [6.45, 7) is 1.59. The van der Waals surface area contributed by atoms with Crippen LogP contribution in [0.4, 0.5) is 4.79 Å². The SMILES string of the molecule is CC[C@@](C(=O)O)(C(=O)NC(=O)NC)c1ccccc1. The Morgan fingerprint density at radius 2 is 1.79 bits per heavy atom. The van der Waals surface area contributed by atoms with Gasteiger partial charge in [-0.15, -0.1) is 0 Å². The standard InChI is InChI=1S/C13H16N2O4/c1-3-13(11(17)18,9-7-5-4-6-8-9)10(16)15-12(19)14-2/h4-8H,3H2,1-2H3,(H,17,18)(H2,14,15,16,19)/t13-/m0/s1. The number of carboxylic acid groups (broad SMARTS) is 1. The van der Waals surface area contributed by atoms with Crippen molar-refractivity contribution >= 4 is 17.9 Å². The van der Waals surface area contributed by atoms with E-state index in [9.17, 15) is 19.5 Å².